The maximum Gasteiger partial charge on any atom is 0.330 e. The molecule has 1 saturated heterocycles. The number of carbonyl (C=O) groups is 1. The van der Waals surface area contributed by atoms with Crippen LogP contribution < -0.4 is 9.80 Å². The van der Waals surface area contributed by atoms with Gasteiger partial charge in [-0.3, -0.25) is 4.79 Å². The van der Waals surface area contributed by atoms with Gasteiger partial charge >= 0.3 is 5.97 Å². The van der Waals surface area contributed by atoms with Crippen molar-refractivity contribution in [1.82, 2.24) is 9.97 Å². The Bertz CT molecular complexity index is 1140. The van der Waals surface area contributed by atoms with Crippen molar-refractivity contribution in [3.8, 4) is 6.07 Å². The number of hydrogen-bond acceptors (Lipinski definition) is 8. The van der Waals surface area contributed by atoms with E-state index in [2.05, 4.69) is 28.0 Å². The van der Waals surface area contributed by atoms with Gasteiger partial charge in [-0.05, 0) is 31.2 Å². The lowest BCUT2D eigenvalue weighted by molar-refractivity contribution is -0.150. The monoisotopic (exact) mass is 445 g/mol. The third-order valence-electron chi connectivity index (χ3n) is 5.64. The first-order valence-electron chi connectivity index (χ1n) is 11.0. The molecule has 8 nitrogen and oxygen atoms in total. The van der Waals surface area contributed by atoms with Crippen molar-refractivity contribution in [2.45, 2.75) is 18.9 Å². The molecule has 1 fully saturated rings. The number of benzene rings is 2. The van der Waals surface area contributed by atoms with Gasteiger partial charge in [0.15, 0.2) is 11.7 Å². The molecule has 0 aliphatic carbocycles. The molecule has 2 unspecified atom stereocenters. The zero-order valence-electron chi connectivity index (χ0n) is 18.8. The fourth-order valence-electron chi connectivity index (χ4n) is 4.01. The van der Waals surface area contributed by atoms with Crippen LogP contribution in [0.2, 0.25) is 0 Å². The molecule has 170 valence electrons. The molecule has 2 atom stereocenters. The highest BCUT2D eigenvalue weighted by Crippen LogP contribution is 2.29. The quantitative estimate of drug-likeness (QED) is 0.512. The van der Waals surface area contributed by atoms with E-state index in [4.69, 9.17) is 19.4 Å². The molecule has 1 aliphatic rings. The van der Waals surface area contributed by atoms with Crippen molar-refractivity contribution in [1.29, 1.82) is 5.26 Å². The molecular weight excluding hydrogens is 418 g/mol. The van der Waals surface area contributed by atoms with E-state index in [-0.39, 0.29) is 6.61 Å². The maximum atomic E-state index is 12.9. The molecule has 0 spiro atoms. The van der Waals surface area contributed by atoms with E-state index >= 15 is 0 Å². The number of rotatable bonds is 7. The third-order valence-corrected chi connectivity index (χ3v) is 5.64. The Morgan fingerprint density at radius 3 is 2.24 bits per heavy atom. The summed E-state index contributed by atoms with van der Waals surface area (Å²) in [5, 5.41) is 9.90. The molecule has 1 aliphatic heterocycles. The van der Waals surface area contributed by atoms with Gasteiger partial charge in [-0.25, -0.2) is 9.97 Å². The van der Waals surface area contributed by atoms with Crippen molar-refractivity contribution in [2.75, 3.05) is 49.7 Å². The van der Waals surface area contributed by atoms with Gasteiger partial charge in [0.05, 0.1) is 23.7 Å². The molecule has 3 aromatic rings. The maximum absolute atomic E-state index is 12.9. The van der Waals surface area contributed by atoms with Crippen LogP contribution in [0.5, 0.6) is 0 Å². The second-order valence-corrected chi connectivity index (χ2v) is 8.00. The number of esters is 1. The number of hydrogen-bond donors (Lipinski definition) is 0. The van der Waals surface area contributed by atoms with E-state index < -0.39 is 18.0 Å². The number of piperazine rings is 1. The van der Waals surface area contributed by atoms with Crippen LogP contribution in [-0.2, 0) is 14.3 Å². The van der Waals surface area contributed by atoms with E-state index in [1.807, 2.05) is 42.5 Å². The number of nitriles is 1. The summed E-state index contributed by atoms with van der Waals surface area (Å²) < 4.78 is 10.5. The number of para-hydroxylation sites is 3. The number of aromatic nitrogens is 2. The Morgan fingerprint density at radius 2 is 1.61 bits per heavy atom. The van der Waals surface area contributed by atoms with Crippen LogP contribution in [0.15, 0.2) is 54.6 Å². The van der Waals surface area contributed by atoms with Crippen LogP contribution in [-0.4, -0.2) is 61.9 Å². The lowest BCUT2D eigenvalue weighted by atomic mass is 10.1. The molecule has 2 heterocycles. The summed E-state index contributed by atoms with van der Waals surface area (Å²) in [7, 11) is 1.54. The normalized spacial score (nSPS) is 15.7. The minimum Gasteiger partial charge on any atom is -0.459 e. The highest BCUT2D eigenvalue weighted by molar-refractivity contribution is 5.85. The molecular formula is C25H27N5O3. The molecule has 8 heteroatoms. The molecule has 0 radical (unpaired) electrons. The fraction of sp³-hybridized carbons (Fsp3) is 0.360. The highest BCUT2D eigenvalue weighted by Gasteiger charge is 2.32. The fourth-order valence-corrected chi connectivity index (χ4v) is 4.01. The topological polar surface area (TPSA) is 91.6 Å². The second-order valence-electron chi connectivity index (χ2n) is 8.00. The summed E-state index contributed by atoms with van der Waals surface area (Å²) in [6.07, 6.45) is -0.468. The molecule has 33 heavy (non-hydrogen) atoms. The van der Waals surface area contributed by atoms with Gasteiger partial charge in [0.1, 0.15) is 11.8 Å². The summed E-state index contributed by atoms with van der Waals surface area (Å²) in [5.41, 5.74) is 2.86. The lowest BCUT2D eigenvalue weighted by Crippen LogP contribution is -2.47. The summed E-state index contributed by atoms with van der Waals surface area (Å²) in [6, 6.07) is 19.8. The Balaban J connectivity index is 1.64. The van der Waals surface area contributed by atoms with Crippen molar-refractivity contribution < 1.29 is 14.3 Å². The standard InChI is InChI=1S/C25H27N5O3/c1-18(17-32-2)33-25(31)20(16-26)23-24(28-22-11-7-6-10-21(22)27-23)30-14-12-29(13-15-30)19-8-4-3-5-9-19/h3-11,18,20H,12-15,17H2,1-2H3. The summed E-state index contributed by atoms with van der Waals surface area (Å²) in [6.45, 7) is 4.96. The average Bonchev–Trinajstić information content (AvgIpc) is 2.85. The van der Waals surface area contributed by atoms with E-state index in [1.54, 1.807) is 6.92 Å². The van der Waals surface area contributed by atoms with Crippen molar-refractivity contribution in [3.05, 3.63) is 60.3 Å². The Morgan fingerprint density at radius 1 is 1.00 bits per heavy atom. The molecule has 2 aromatic carbocycles. The van der Waals surface area contributed by atoms with Crippen LogP contribution in [0.25, 0.3) is 11.0 Å². The zero-order valence-corrected chi connectivity index (χ0v) is 18.8. The van der Waals surface area contributed by atoms with Crippen LogP contribution in [0.4, 0.5) is 11.5 Å². The molecule has 0 amide bonds. The van der Waals surface area contributed by atoms with Crippen molar-refractivity contribution in [2.24, 2.45) is 0 Å². The molecule has 1 aromatic heterocycles. The number of nitrogens with zero attached hydrogens (tertiary/aromatic N) is 5. The number of fused-ring (bicyclic) bond motifs is 1. The van der Waals surface area contributed by atoms with Crippen molar-refractivity contribution in [3.63, 3.8) is 0 Å². The van der Waals surface area contributed by atoms with Gasteiger partial charge in [0.2, 0.25) is 0 Å². The Labute approximate surface area is 193 Å². The first-order valence-corrected chi connectivity index (χ1v) is 11.0. The Kier molecular flexibility index (Phi) is 7.01. The molecule has 0 N–H and O–H groups in total. The van der Waals surface area contributed by atoms with Crippen LogP contribution in [0, 0.1) is 11.3 Å². The second kappa shape index (κ2) is 10.3. The lowest BCUT2D eigenvalue weighted by Gasteiger charge is -2.37. The van der Waals surface area contributed by atoms with Crippen molar-refractivity contribution >= 4 is 28.5 Å². The van der Waals surface area contributed by atoms with E-state index in [0.717, 1.165) is 18.6 Å². The van der Waals surface area contributed by atoms with E-state index in [0.29, 0.717) is 30.1 Å². The Hall–Kier alpha value is -3.70. The minimum absolute atomic E-state index is 0.252. The zero-order chi connectivity index (χ0) is 23.2. The highest BCUT2D eigenvalue weighted by atomic mass is 16.6. The SMILES string of the molecule is COCC(C)OC(=O)C(C#N)c1nc2ccccc2nc1N1CCN(c2ccccc2)CC1. The van der Waals surface area contributed by atoms with Gasteiger partial charge in [0, 0.05) is 39.0 Å². The summed E-state index contributed by atoms with van der Waals surface area (Å²) >= 11 is 0. The largest absolute Gasteiger partial charge is 0.459 e. The smallest absolute Gasteiger partial charge is 0.330 e. The molecule has 0 bridgehead atoms. The summed E-state index contributed by atoms with van der Waals surface area (Å²) in [4.78, 5) is 26.8. The first kappa shape index (κ1) is 22.5. The van der Waals surface area contributed by atoms with Gasteiger partial charge in [-0.1, -0.05) is 30.3 Å². The first-order chi connectivity index (χ1) is 16.1. The number of anilines is 2. The third kappa shape index (κ3) is 5.04. The molecule has 0 saturated carbocycles. The van der Waals surface area contributed by atoms with Gasteiger partial charge in [-0.15, -0.1) is 0 Å². The summed E-state index contributed by atoms with van der Waals surface area (Å²) in [5.74, 6) is -1.26. The molecule has 4 rings (SSSR count). The van der Waals surface area contributed by atoms with Gasteiger partial charge in [0.25, 0.3) is 0 Å². The minimum atomic E-state index is -1.18. The van der Waals surface area contributed by atoms with Gasteiger partial charge in [-0.2, -0.15) is 5.26 Å². The number of ether oxygens (including phenoxy) is 2. The number of carbonyl (C=O) groups excluding carboxylic acids is 1. The predicted molar refractivity (Wildman–Crippen MR) is 126 cm³/mol. The van der Waals surface area contributed by atoms with Gasteiger partial charge < -0.3 is 19.3 Å². The van der Waals surface area contributed by atoms with Crippen LogP contribution in [0.1, 0.15) is 18.5 Å². The van der Waals surface area contributed by atoms with Crippen LogP contribution >= 0.6 is 0 Å². The predicted octanol–water partition coefficient (Wildman–Crippen LogP) is 3.14. The number of methoxy groups -OCH3 is 1. The van der Waals surface area contributed by atoms with Crippen LogP contribution in [0.3, 0.4) is 0 Å². The van der Waals surface area contributed by atoms with E-state index in [1.165, 1.54) is 12.8 Å². The average molecular weight is 446 g/mol. The van der Waals surface area contributed by atoms with E-state index in [9.17, 15) is 10.1 Å².